The van der Waals surface area contributed by atoms with Gasteiger partial charge in [0.1, 0.15) is 11.5 Å². The SMILES string of the molecule is C=COCCc1ccc(N(c2ccc(OC(=O)C=C)cc2)c2c3ccccc3c(C=Cc3ccc(OCC)cc3)c3ccccc23)cc1. The normalized spacial score (nSPS) is 11.0. The van der Waals surface area contributed by atoms with Gasteiger partial charge in [0.05, 0.1) is 25.2 Å². The van der Waals surface area contributed by atoms with E-state index >= 15 is 0 Å². The van der Waals surface area contributed by atoms with Gasteiger partial charge in [-0.3, -0.25) is 0 Å². The first-order chi connectivity index (χ1) is 23.6. The van der Waals surface area contributed by atoms with Crippen LogP contribution in [0.5, 0.6) is 11.5 Å². The highest BCUT2D eigenvalue weighted by molar-refractivity contribution is 6.19. The van der Waals surface area contributed by atoms with E-state index < -0.39 is 5.97 Å². The minimum atomic E-state index is -0.499. The van der Waals surface area contributed by atoms with E-state index in [9.17, 15) is 4.79 Å². The van der Waals surface area contributed by atoms with Crippen LogP contribution in [0.4, 0.5) is 17.1 Å². The second-order valence-electron chi connectivity index (χ2n) is 11.1. The number of hydrogen-bond donors (Lipinski definition) is 0. The molecule has 0 amide bonds. The van der Waals surface area contributed by atoms with Crippen molar-refractivity contribution in [3.05, 3.63) is 164 Å². The van der Waals surface area contributed by atoms with Crippen molar-refractivity contribution in [1.82, 2.24) is 0 Å². The lowest BCUT2D eigenvalue weighted by molar-refractivity contribution is -0.128. The Morgan fingerprint density at radius 1 is 0.688 bits per heavy atom. The third-order valence-corrected chi connectivity index (χ3v) is 8.10. The zero-order valence-corrected chi connectivity index (χ0v) is 27.0. The van der Waals surface area contributed by atoms with Gasteiger partial charge in [0.2, 0.25) is 0 Å². The van der Waals surface area contributed by atoms with Crippen molar-refractivity contribution in [2.45, 2.75) is 13.3 Å². The molecule has 0 aliphatic heterocycles. The molecule has 0 fully saturated rings. The smallest absolute Gasteiger partial charge is 0.335 e. The van der Waals surface area contributed by atoms with Gasteiger partial charge in [-0.25, -0.2) is 4.79 Å². The third kappa shape index (κ3) is 7.01. The van der Waals surface area contributed by atoms with E-state index in [1.165, 1.54) is 6.26 Å². The molecule has 0 bridgehead atoms. The summed E-state index contributed by atoms with van der Waals surface area (Å²) >= 11 is 0. The van der Waals surface area contributed by atoms with Crippen LogP contribution in [0.25, 0.3) is 33.7 Å². The predicted molar refractivity (Wildman–Crippen MR) is 198 cm³/mol. The molecule has 5 heteroatoms. The van der Waals surface area contributed by atoms with Gasteiger partial charge in [-0.05, 0) is 82.9 Å². The highest BCUT2D eigenvalue weighted by atomic mass is 16.5. The summed E-state index contributed by atoms with van der Waals surface area (Å²) in [6.45, 7) is 10.3. The molecule has 0 N–H and O–H groups in total. The molecule has 0 unspecified atom stereocenters. The van der Waals surface area contributed by atoms with E-state index in [2.05, 4.69) is 115 Å². The van der Waals surface area contributed by atoms with Crippen molar-refractivity contribution in [1.29, 1.82) is 0 Å². The van der Waals surface area contributed by atoms with E-state index in [1.807, 2.05) is 43.3 Å². The Balaban J connectivity index is 1.52. The average Bonchev–Trinajstić information content (AvgIpc) is 3.13. The molecule has 6 aromatic rings. The summed E-state index contributed by atoms with van der Waals surface area (Å²) in [7, 11) is 0. The fourth-order valence-corrected chi connectivity index (χ4v) is 5.88. The van der Waals surface area contributed by atoms with E-state index in [4.69, 9.17) is 14.2 Å². The number of carbonyl (C=O) groups excluding carboxylic acids is 1. The number of benzene rings is 6. The second-order valence-corrected chi connectivity index (χ2v) is 11.1. The Morgan fingerprint density at radius 2 is 1.25 bits per heavy atom. The van der Waals surface area contributed by atoms with Crippen LogP contribution in [-0.4, -0.2) is 19.2 Å². The summed E-state index contributed by atoms with van der Waals surface area (Å²) in [6.07, 6.45) is 7.76. The topological polar surface area (TPSA) is 48.0 Å². The van der Waals surface area contributed by atoms with Crippen LogP contribution in [-0.2, 0) is 16.0 Å². The van der Waals surface area contributed by atoms with Crippen molar-refractivity contribution >= 4 is 56.7 Å². The highest BCUT2D eigenvalue weighted by Crippen LogP contribution is 2.46. The van der Waals surface area contributed by atoms with Crippen molar-refractivity contribution in [2.24, 2.45) is 0 Å². The first-order valence-corrected chi connectivity index (χ1v) is 16.0. The van der Waals surface area contributed by atoms with Crippen molar-refractivity contribution < 1.29 is 19.0 Å². The summed E-state index contributed by atoms with van der Waals surface area (Å²) in [6, 6.07) is 41.3. The summed E-state index contributed by atoms with van der Waals surface area (Å²) in [5.74, 6) is 0.812. The molecule has 0 saturated heterocycles. The lowest BCUT2D eigenvalue weighted by Gasteiger charge is -2.29. The minimum absolute atomic E-state index is 0.450. The van der Waals surface area contributed by atoms with Gasteiger partial charge in [0.25, 0.3) is 0 Å². The maximum atomic E-state index is 11.9. The van der Waals surface area contributed by atoms with Gasteiger partial charge in [-0.1, -0.05) is 98.1 Å². The van der Waals surface area contributed by atoms with E-state index in [0.717, 1.165) is 73.5 Å². The fraction of sp³-hybridized carbons (Fsp3) is 0.0930. The Kier molecular flexibility index (Phi) is 9.98. The Labute approximate surface area is 281 Å². The lowest BCUT2D eigenvalue weighted by Crippen LogP contribution is -2.12. The van der Waals surface area contributed by atoms with Crippen LogP contribution in [0.3, 0.4) is 0 Å². The lowest BCUT2D eigenvalue weighted by atomic mass is 9.93. The molecule has 6 rings (SSSR count). The molecule has 238 valence electrons. The number of rotatable bonds is 13. The molecule has 6 aromatic carbocycles. The van der Waals surface area contributed by atoms with Gasteiger partial charge >= 0.3 is 5.97 Å². The van der Waals surface area contributed by atoms with Crippen LogP contribution in [0, 0.1) is 0 Å². The first kappa shape index (κ1) is 31.9. The number of ether oxygens (including phenoxy) is 3. The molecular formula is C43H37NO4. The van der Waals surface area contributed by atoms with Gasteiger partial charge < -0.3 is 19.1 Å². The molecular weight excluding hydrogens is 594 g/mol. The Morgan fingerprint density at radius 3 is 1.81 bits per heavy atom. The van der Waals surface area contributed by atoms with Crippen LogP contribution in [0.1, 0.15) is 23.6 Å². The summed E-state index contributed by atoms with van der Waals surface area (Å²) < 4.78 is 16.4. The van der Waals surface area contributed by atoms with Crippen molar-refractivity contribution in [3.8, 4) is 11.5 Å². The number of nitrogens with zero attached hydrogens (tertiary/aromatic N) is 1. The van der Waals surface area contributed by atoms with Crippen molar-refractivity contribution in [2.75, 3.05) is 18.1 Å². The number of carbonyl (C=O) groups is 1. The minimum Gasteiger partial charge on any atom is -0.501 e. The molecule has 0 aromatic heterocycles. The molecule has 0 aliphatic carbocycles. The molecule has 0 radical (unpaired) electrons. The fourth-order valence-electron chi connectivity index (χ4n) is 5.88. The second kappa shape index (κ2) is 15.0. The van der Waals surface area contributed by atoms with Gasteiger partial charge in [0, 0.05) is 34.6 Å². The highest BCUT2D eigenvalue weighted by Gasteiger charge is 2.21. The predicted octanol–water partition coefficient (Wildman–Crippen LogP) is 10.8. The quantitative estimate of drug-likeness (QED) is 0.0241. The Bertz CT molecular complexity index is 2020. The summed E-state index contributed by atoms with van der Waals surface area (Å²) in [5, 5.41) is 4.47. The largest absolute Gasteiger partial charge is 0.501 e. The summed E-state index contributed by atoms with van der Waals surface area (Å²) in [4.78, 5) is 14.2. The maximum Gasteiger partial charge on any atom is 0.335 e. The van der Waals surface area contributed by atoms with Crippen molar-refractivity contribution in [3.63, 3.8) is 0 Å². The number of esters is 1. The molecule has 0 atom stereocenters. The van der Waals surface area contributed by atoms with Gasteiger partial charge in [0.15, 0.2) is 0 Å². The monoisotopic (exact) mass is 631 g/mol. The van der Waals surface area contributed by atoms with Gasteiger partial charge in [-0.15, -0.1) is 0 Å². The van der Waals surface area contributed by atoms with E-state index in [-0.39, 0.29) is 0 Å². The van der Waals surface area contributed by atoms with Crippen LogP contribution in [0.15, 0.2) is 147 Å². The first-order valence-electron chi connectivity index (χ1n) is 16.0. The molecule has 48 heavy (non-hydrogen) atoms. The number of anilines is 3. The molecule has 5 nitrogen and oxygen atoms in total. The van der Waals surface area contributed by atoms with Crippen LogP contribution in [0.2, 0.25) is 0 Å². The van der Waals surface area contributed by atoms with E-state index in [1.54, 1.807) is 0 Å². The standard InChI is InChI=1S/C43H37NO4/c1-4-42(45)48-36-26-22-34(23-27-36)44(33-20-15-32(16-21-33)29-30-46-5-2)43-40-13-9-7-11-37(40)39(38-12-8-10-14-41(38)43)28-19-31-17-24-35(25-18-31)47-6-3/h4-5,7-28H,1-2,6,29-30H2,3H3. The molecule has 0 saturated carbocycles. The Hall–Kier alpha value is -6.07. The maximum absolute atomic E-state index is 11.9. The van der Waals surface area contributed by atoms with Gasteiger partial charge in [-0.2, -0.15) is 0 Å². The summed E-state index contributed by atoms with van der Waals surface area (Å²) in [5.41, 5.74) is 6.36. The third-order valence-electron chi connectivity index (χ3n) is 8.10. The molecule has 0 heterocycles. The zero-order valence-electron chi connectivity index (χ0n) is 27.0. The number of hydrogen-bond acceptors (Lipinski definition) is 5. The van der Waals surface area contributed by atoms with Crippen LogP contribution >= 0.6 is 0 Å². The van der Waals surface area contributed by atoms with E-state index in [0.29, 0.717) is 19.0 Å². The average molecular weight is 632 g/mol. The zero-order chi connectivity index (χ0) is 33.3. The molecule has 0 aliphatic rings. The van der Waals surface area contributed by atoms with Crippen LogP contribution < -0.4 is 14.4 Å². The molecule has 0 spiro atoms. The number of fused-ring (bicyclic) bond motifs is 2.